The Morgan fingerprint density at radius 1 is 1.25 bits per heavy atom. The zero-order valence-electron chi connectivity index (χ0n) is 10.1. The molecule has 3 atom stereocenters. The highest BCUT2D eigenvalue weighted by Crippen LogP contribution is 2.60. The minimum Gasteiger partial charge on any atom is -0.388 e. The van der Waals surface area contributed by atoms with E-state index < -0.39 is 0 Å². The van der Waals surface area contributed by atoms with Crippen LogP contribution in [0.5, 0.6) is 0 Å². The van der Waals surface area contributed by atoms with Gasteiger partial charge in [0.1, 0.15) is 0 Å². The minimum atomic E-state index is -0.182. The fourth-order valence-electron chi connectivity index (χ4n) is 3.67. The molecule has 0 saturated heterocycles. The van der Waals surface area contributed by atoms with E-state index in [-0.39, 0.29) is 6.10 Å². The number of aliphatic hydroxyl groups excluding tert-OH is 1. The second-order valence-electron chi connectivity index (χ2n) is 5.50. The third-order valence-electron chi connectivity index (χ3n) is 4.49. The number of fused-ring (bicyclic) bond motifs is 1. The maximum absolute atomic E-state index is 10.5. The van der Waals surface area contributed by atoms with Crippen molar-refractivity contribution >= 4 is 11.3 Å². The molecule has 0 radical (unpaired) electrons. The van der Waals surface area contributed by atoms with Crippen LogP contribution in [-0.2, 0) is 0 Å². The lowest BCUT2D eigenvalue weighted by atomic mass is 10.0. The van der Waals surface area contributed by atoms with Crippen molar-refractivity contribution in [2.75, 3.05) is 0 Å². The lowest BCUT2D eigenvalue weighted by Crippen LogP contribution is -2.02. The average Bonchev–Trinajstić information content (AvgIpc) is 2.89. The van der Waals surface area contributed by atoms with Gasteiger partial charge in [-0.1, -0.05) is 12.8 Å². The third kappa shape index (κ3) is 1.63. The van der Waals surface area contributed by atoms with Gasteiger partial charge in [0.2, 0.25) is 0 Å². The predicted molar refractivity (Wildman–Crippen MR) is 67.7 cm³/mol. The standard InChI is InChI=1S/C14H20OS/c1-8-7-12(9(2)16-8)14(15)13-10-5-3-4-6-11(10)13/h7,10-11,13-15H,3-6H2,1-2H3. The van der Waals surface area contributed by atoms with Crippen molar-refractivity contribution in [3.8, 4) is 0 Å². The summed E-state index contributed by atoms with van der Waals surface area (Å²) in [6.45, 7) is 4.27. The van der Waals surface area contributed by atoms with Gasteiger partial charge in [0.25, 0.3) is 0 Å². The van der Waals surface area contributed by atoms with Gasteiger partial charge in [-0.3, -0.25) is 0 Å². The Morgan fingerprint density at radius 2 is 1.88 bits per heavy atom. The van der Waals surface area contributed by atoms with Crippen LogP contribution in [0.4, 0.5) is 0 Å². The van der Waals surface area contributed by atoms with Gasteiger partial charge in [0.15, 0.2) is 0 Å². The molecular formula is C14H20OS. The van der Waals surface area contributed by atoms with Crippen molar-refractivity contribution in [1.82, 2.24) is 0 Å². The van der Waals surface area contributed by atoms with E-state index >= 15 is 0 Å². The maximum Gasteiger partial charge on any atom is 0.0834 e. The van der Waals surface area contributed by atoms with Crippen LogP contribution in [0, 0.1) is 31.6 Å². The largest absolute Gasteiger partial charge is 0.388 e. The van der Waals surface area contributed by atoms with Crippen LogP contribution in [0.25, 0.3) is 0 Å². The summed E-state index contributed by atoms with van der Waals surface area (Å²) >= 11 is 1.82. The van der Waals surface area contributed by atoms with E-state index in [1.165, 1.54) is 41.0 Å². The molecule has 0 aliphatic heterocycles. The smallest absolute Gasteiger partial charge is 0.0834 e. The first-order valence-corrected chi connectivity index (χ1v) is 7.25. The Morgan fingerprint density at radius 3 is 2.38 bits per heavy atom. The summed E-state index contributed by atoms with van der Waals surface area (Å²) in [5, 5.41) is 10.5. The van der Waals surface area contributed by atoms with Crippen LogP contribution >= 0.6 is 11.3 Å². The molecule has 16 heavy (non-hydrogen) atoms. The molecule has 1 N–H and O–H groups in total. The van der Waals surface area contributed by atoms with E-state index in [1.54, 1.807) is 0 Å². The SMILES string of the molecule is Cc1cc(C(O)C2C3CCCCC32)c(C)s1. The topological polar surface area (TPSA) is 20.2 Å². The fourth-order valence-corrected chi connectivity index (χ4v) is 4.63. The lowest BCUT2D eigenvalue weighted by Gasteiger charge is -2.09. The number of hydrogen-bond acceptors (Lipinski definition) is 2. The quantitative estimate of drug-likeness (QED) is 0.827. The van der Waals surface area contributed by atoms with E-state index in [9.17, 15) is 5.11 Å². The molecule has 1 aromatic rings. The summed E-state index contributed by atoms with van der Waals surface area (Å²) in [5.41, 5.74) is 1.21. The van der Waals surface area contributed by atoms with Crippen LogP contribution < -0.4 is 0 Å². The van der Waals surface area contributed by atoms with Crippen LogP contribution in [0.1, 0.15) is 47.1 Å². The van der Waals surface area contributed by atoms with Crippen molar-refractivity contribution in [2.45, 2.75) is 45.6 Å². The molecule has 0 aromatic carbocycles. The highest BCUT2D eigenvalue weighted by Gasteiger charge is 2.54. The molecule has 2 saturated carbocycles. The highest BCUT2D eigenvalue weighted by atomic mass is 32.1. The number of hydrogen-bond donors (Lipinski definition) is 1. The Bertz CT molecular complexity index is 383. The molecule has 0 amide bonds. The zero-order valence-corrected chi connectivity index (χ0v) is 10.9. The Labute approximate surface area is 102 Å². The molecule has 0 spiro atoms. The number of thiophene rings is 1. The van der Waals surface area contributed by atoms with Gasteiger partial charge in [-0.05, 0) is 56.1 Å². The Kier molecular flexibility index (Phi) is 2.60. The van der Waals surface area contributed by atoms with Gasteiger partial charge in [-0.2, -0.15) is 0 Å². The summed E-state index contributed by atoms with van der Waals surface area (Å²) < 4.78 is 0. The normalized spacial score (nSPS) is 34.6. The van der Waals surface area contributed by atoms with Gasteiger partial charge >= 0.3 is 0 Å². The number of aryl methyl sites for hydroxylation is 2. The molecule has 3 unspecified atom stereocenters. The van der Waals surface area contributed by atoms with Crippen molar-refractivity contribution in [3.05, 3.63) is 21.4 Å². The third-order valence-corrected chi connectivity index (χ3v) is 5.47. The molecule has 88 valence electrons. The van der Waals surface area contributed by atoms with Gasteiger partial charge in [0, 0.05) is 9.75 Å². The van der Waals surface area contributed by atoms with Crippen molar-refractivity contribution in [2.24, 2.45) is 17.8 Å². The van der Waals surface area contributed by atoms with Crippen molar-refractivity contribution in [3.63, 3.8) is 0 Å². The van der Waals surface area contributed by atoms with Crippen LogP contribution in [0.2, 0.25) is 0 Å². The van der Waals surface area contributed by atoms with Crippen LogP contribution in [-0.4, -0.2) is 5.11 Å². The van der Waals surface area contributed by atoms with E-state index in [4.69, 9.17) is 0 Å². The molecule has 1 heterocycles. The van der Waals surface area contributed by atoms with Crippen LogP contribution in [0.3, 0.4) is 0 Å². The summed E-state index contributed by atoms with van der Waals surface area (Å²) in [6.07, 6.45) is 5.29. The van der Waals surface area contributed by atoms with E-state index in [0.29, 0.717) is 5.92 Å². The monoisotopic (exact) mass is 236 g/mol. The first-order chi connectivity index (χ1) is 7.68. The lowest BCUT2D eigenvalue weighted by molar-refractivity contribution is 0.142. The van der Waals surface area contributed by atoms with Gasteiger partial charge in [-0.15, -0.1) is 11.3 Å². The summed E-state index contributed by atoms with van der Waals surface area (Å²) in [6, 6.07) is 2.19. The van der Waals surface area contributed by atoms with Crippen molar-refractivity contribution in [1.29, 1.82) is 0 Å². The molecule has 2 aliphatic carbocycles. The van der Waals surface area contributed by atoms with E-state index in [2.05, 4.69) is 19.9 Å². The first-order valence-electron chi connectivity index (χ1n) is 6.43. The fraction of sp³-hybridized carbons (Fsp3) is 0.714. The van der Waals surface area contributed by atoms with Gasteiger partial charge in [-0.25, -0.2) is 0 Å². The highest BCUT2D eigenvalue weighted by molar-refractivity contribution is 7.12. The van der Waals surface area contributed by atoms with E-state index in [0.717, 1.165) is 11.8 Å². The molecule has 0 bridgehead atoms. The maximum atomic E-state index is 10.5. The van der Waals surface area contributed by atoms with Crippen molar-refractivity contribution < 1.29 is 5.11 Å². The second-order valence-corrected chi connectivity index (χ2v) is 6.96. The predicted octanol–water partition coefficient (Wildman–Crippen LogP) is 3.83. The zero-order chi connectivity index (χ0) is 11.3. The number of aliphatic hydroxyl groups is 1. The van der Waals surface area contributed by atoms with Crippen LogP contribution in [0.15, 0.2) is 6.07 Å². The Balaban J connectivity index is 1.78. The van der Waals surface area contributed by atoms with E-state index in [1.807, 2.05) is 11.3 Å². The molecule has 1 nitrogen and oxygen atoms in total. The summed E-state index contributed by atoms with van der Waals surface area (Å²) in [5.74, 6) is 2.25. The number of rotatable bonds is 2. The molecule has 2 aliphatic rings. The molecule has 2 fully saturated rings. The van der Waals surface area contributed by atoms with Gasteiger partial charge < -0.3 is 5.11 Å². The first kappa shape index (κ1) is 10.8. The molecule has 3 rings (SSSR count). The van der Waals surface area contributed by atoms with Gasteiger partial charge in [0.05, 0.1) is 6.10 Å². The Hall–Kier alpha value is -0.340. The average molecular weight is 236 g/mol. The molecule has 2 heteroatoms. The second kappa shape index (κ2) is 3.85. The summed E-state index contributed by atoms with van der Waals surface area (Å²) in [7, 11) is 0. The minimum absolute atomic E-state index is 0.182. The summed E-state index contributed by atoms with van der Waals surface area (Å²) in [4.78, 5) is 2.64. The molecule has 1 aromatic heterocycles. The molecular weight excluding hydrogens is 216 g/mol.